The van der Waals surface area contributed by atoms with Crippen molar-refractivity contribution in [3.05, 3.63) is 21.2 Å². The Morgan fingerprint density at radius 1 is 1.65 bits per heavy atom. The van der Waals surface area contributed by atoms with Crippen LogP contribution in [-0.2, 0) is 0 Å². The van der Waals surface area contributed by atoms with Gasteiger partial charge in [-0.2, -0.15) is 0 Å². The van der Waals surface area contributed by atoms with E-state index in [0.29, 0.717) is 16.8 Å². The summed E-state index contributed by atoms with van der Waals surface area (Å²) in [6.45, 7) is 3.20. The van der Waals surface area contributed by atoms with Crippen molar-refractivity contribution in [2.24, 2.45) is 5.73 Å². The van der Waals surface area contributed by atoms with Crippen LogP contribution in [0.2, 0.25) is 0 Å². The fraction of sp³-hybridized carbons (Fsp3) is 0.600. The summed E-state index contributed by atoms with van der Waals surface area (Å²) in [6.07, 6.45) is 1.42. The van der Waals surface area contributed by atoms with Crippen LogP contribution in [0.1, 0.15) is 0 Å². The molecule has 0 saturated carbocycles. The molecule has 2 rings (SSSR count). The molecule has 17 heavy (non-hydrogen) atoms. The van der Waals surface area contributed by atoms with Crippen LogP contribution in [0, 0.1) is 0 Å². The highest BCUT2D eigenvalue weighted by Gasteiger charge is 2.27. The molecular formula is C10H16BrN5O. The molecule has 1 aromatic heterocycles. The number of aromatic nitrogens is 2. The highest BCUT2D eigenvalue weighted by Crippen LogP contribution is 2.22. The number of nitrogens with one attached hydrogen (secondary N) is 1. The number of piperazine rings is 1. The summed E-state index contributed by atoms with van der Waals surface area (Å²) in [5.41, 5.74) is 5.62. The minimum Gasteiger partial charge on any atom is -0.349 e. The molecular weight excluding hydrogens is 286 g/mol. The average Bonchev–Trinajstić information content (AvgIpc) is 2.33. The van der Waals surface area contributed by atoms with Crippen LogP contribution in [0.25, 0.3) is 0 Å². The van der Waals surface area contributed by atoms with E-state index in [-0.39, 0.29) is 11.6 Å². The lowest BCUT2D eigenvalue weighted by Crippen LogP contribution is -2.55. The van der Waals surface area contributed by atoms with Gasteiger partial charge in [0, 0.05) is 26.2 Å². The lowest BCUT2D eigenvalue weighted by Gasteiger charge is -2.40. The molecule has 94 valence electrons. The first kappa shape index (κ1) is 12.5. The minimum absolute atomic E-state index is 0.162. The Labute approximate surface area is 108 Å². The highest BCUT2D eigenvalue weighted by molar-refractivity contribution is 9.10. The van der Waals surface area contributed by atoms with Gasteiger partial charge in [-0.25, -0.2) is 4.98 Å². The summed E-state index contributed by atoms with van der Waals surface area (Å²) < 4.78 is 0.475. The van der Waals surface area contributed by atoms with Crippen molar-refractivity contribution in [3.8, 4) is 0 Å². The molecule has 0 aromatic carbocycles. The summed E-state index contributed by atoms with van der Waals surface area (Å²) in [4.78, 5) is 22.6. The largest absolute Gasteiger partial charge is 0.349 e. The molecule has 0 aliphatic carbocycles. The number of aromatic amines is 1. The van der Waals surface area contributed by atoms with Gasteiger partial charge >= 0.3 is 0 Å². The number of rotatable bonds is 2. The van der Waals surface area contributed by atoms with E-state index in [1.54, 1.807) is 0 Å². The van der Waals surface area contributed by atoms with E-state index in [1.165, 1.54) is 6.33 Å². The third-order valence-electron chi connectivity index (χ3n) is 3.01. The zero-order valence-electron chi connectivity index (χ0n) is 9.69. The lowest BCUT2D eigenvalue weighted by molar-refractivity contribution is 0.268. The maximum absolute atomic E-state index is 11.5. The zero-order valence-corrected chi connectivity index (χ0v) is 11.3. The third-order valence-corrected chi connectivity index (χ3v) is 3.72. The monoisotopic (exact) mass is 301 g/mol. The van der Waals surface area contributed by atoms with Crippen molar-refractivity contribution in [3.63, 3.8) is 0 Å². The number of H-pyrrole nitrogens is 1. The van der Waals surface area contributed by atoms with Crippen molar-refractivity contribution in [1.82, 2.24) is 14.9 Å². The predicted molar refractivity (Wildman–Crippen MR) is 70.2 cm³/mol. The Balaban J connectivity index is 2.32. The van der Waals surface area contributed by atoms with Crippen LogP contribution >= 0.6 is 15.9 Å². The van der Waals surface area contributed by atoms with Gasteiger partial charge in [0.25, 0.3) is 5.56 Å². The lowest BCUT2D eigenvalue weighted by atomic mass is 10.1. The van der Waals surface area contributed by atoms with E-state index in [0.717, 1.165) is 19.6 Å². The summed E-state index contributed by atoms with van der Waals surface area (Å²) in [7, 11) is 2.07. The summed E-state index contributed by atoms with van der Waals surface area (Å²) in [5, 5.41) is 0. The van der Waals surface area contributed by atoms with Gasteiger partial charge < -0.3 is 20.5 Å². The number of nitrogens with zero attached hydrogens (tertiary/aromatic N) is 3. The van der Waals surface area contributed by atoms with E-state index < -0.39 is 0 Å². The fourth-order valence-electron chi connectivity index (χ4n) is 2.07. The van der Waals surface area contributed by atoms with E-state index in [4.69, 9.17) is 5.73 Å². The molecule has 1 fully saturated rings. The van der Waals surface area contributed by atoms with Crippen LogP contribution in [-0.4, -0.2) is 54.1 Å². The summed E-state index contributed by atoms with van der Waals surface area (Å²) in [5.74, 6) is 0.678. The molecule has 1 saturated heterocycles. The zero-order chi connectivity index (χ0) is 12.4. The van der Waals surface area contributed by atoms with Crippen molar-refractivity contribution in [2.75, 3.05) is 38.1 Å². The van der Waals surface area contributed by atoms with E-state index in [2.05, 4.69) is 42.7 Å². The molecule has 1 unspecified atom stereocenters. The van der Waals surface area contributed by atoms with E-state index in [1.807, 2.05) is 0 Å². The molecule has 0 amide bonds. The van der Waals surface area contributed by atoms with Gasteiger partial charge in [0.1, 0.15) is 4.47 Å². The SMILES string of the molecule is CN1CCN(c2nc[nH]c(=O)c2Br)C(CN)C1. The number of halogens is 1. The number of anilines is 1. The van der Waals surface area contributed by atoms with Crippen molar-refractivity contribution in [1.29, 1.82) is 0 Å². The molecule has 1 aliphatic rings. The summed E-state index contributed by atoms with van der Waals surface area (Å²) in [6, 6.07) is 0.194. The normalized spacial score (nSPS) is 21.8. The molecule has 0 bridgehead atoms. The first-order valence-corrected chi connectivity index (χ1v) is 6.31. The van der Waals surface area contributed by atoms with Crippen molar-refractivity contribution in [2.45, 2.75) is 6.04 Å². The second-order valence-corrected chi connectivity index (χ2v) is 5.01. The summed E-state index contributed by atoms with van der Waals surface area (Å²) >= 11 is 3.29. The molecule has 1 atom stereocenters. The third kappa shape index (κ3) is 2.51. The van der Waals surface area contributed by atoms with Crippen molar-refractivity contribution >= 4 is 21.7 Å². The standard InChI is InChI=1S/C10H16BrN5O/c1-15-2-3-16(7(4-12)5-15)9-8(11)10(17)14-6-13-9/h6-7H,2-5,12H2,1H3,(H,13,14,17). The fourth-order valence-corrected chi connectivity index (χ4v) is 2.51. The molecule has 6 nitrogen and oxygen atoms in total. The molecule has 1 aliphatic heterocycles. The van der Waals surface area contributed by atoms with Crippen LogP contribution < -0.4 is 16.2 Å². The highest BCUT2D eigenvalue weighted by atomic mass is 79.9. The number of hydrogen-bond donors (Lipinski definition) is 2. The van der Waals surface area contributed by atoms with Gasteiger partial charge in [0.05, 0.1) is 12.4 Å². The number of nitrogens with two attached hydrogens (primary N) is 1. The van der Waals surface area contributed by atoms with E-state index in [9.17, 15) is 4.79 Å². The Morgan fingerprint density at radius 2 is 2.41 bits per heavy atom. The average molecular weight is 302 g/mol. The minimum atomic E-state index is -0.162. The molecule has 0 radical (unpaired) electrons. The maximum Gasteiger partial charge on any atom is 0.267 e. The van der Waals surface area contributed by atoms with Crippen LogP contribution in [0.3, 0.4) is 0 Å². The quantitative estimate of drug-likeness (QED) is 0.778. The van der Waals surface area contributed by atoms with Gasteiger partial charge in [-0.05, 0) is 23.0 Å². The molecule has 7 heteroatoms. The second-order valence-electron chi connectivity index (χ2n) is 4.21. The predicted octanol–water partition coefficient (Wildman–Crippen LogP) is -0.388. The second kappa shape index (κ2) is 5.16. The molecule has 1 aromatic rings. The van der Waals surface area contributed by atoms with E-state index >= 15 is 0 Å². The van der Waals surface area contributed by atoms with Crippen LogP contribution in [0.15, 0.2) is 15.6 Å². The Kier molecular flexibility index (Phi) is 3.80. The van der Waals surface area contributed by atoms with Gasteiger partial charge in [-0.15, -0.1) is 0 Å². The van der Waals surface area contributed by atoms with Gasteiger partial charge in [-0.1, -0.05) is 0 Å². The van der Waals surface area contributed by atoms with Gasteiger partial charge in [0.2, 0.25) is 0 Å². The van der Waals surface area contributed by atoms with Crippen LogP contribution in [0.4, 0.5) is 5.82 Å². The Bertz CT molecular complexity index is 449. The Hall–Kier alpha value is -0.920. The Morgan fingerprint density at radius 3 is 3.12 bits per heavy atom. The first-order valence-electron chi connectivity index (χ1n) is 5.52. The maximum atomic E-state index is 11.5. The first-order chi connectivity index (χ1) is 8.13. The molecule has 3 N–H and O–H groups in total. The van der Waals surface area contributed by atoms with Gasteiger partial charge in [0.15, 0.2) is 5.82 Å². The van der Waals surface area contributed by atoms with Crippen LogP contribution in [0.5, 0.6) is 0 Å². The molecule has 2 heterocycles. The van der Waals surface area contributed by atoms with Crippen molar-refractivity contribution < 1.29 is 0 Å². The molecule has 0 spiro atoms. The van der Waals surface area contributed by atoms with Gasteiger partial charge in [-0.3, -0.25) is 4.79 Å². The topological polar surface area (TPSA) is 78.2 Å². The number of hydrogen-bond acceptors (Lipinski definition) is 5. The number of likely N-dealkylation sites (N-methyl/N-ethyl adjacent to an activating group) is 1. The smallest absolute Gasteiger partial charge is 0.267 e.